The van der Waals surface area contributed by atoms with Gasteiger partial charge in [0.05, 0.1) is 12.2 Å². The monoisotopic (exact) mass is 342 g/mol. The molecule has 0 saturated carbocycles. The van der Waals surface area contributed by atoms with Crippen molar-refractivity contribution in [1.82, 2.24) is 15.8 Å². The number of benzene rings is 1. The second kappa shape index (κ2) is 9.87. The van der Waals surface area contributed by atoms with Gasteiger partial charge in [-0.2, -0.15) is 0 Å². The molecule has 0 spiro atoms. The first-order chi connectivity index (χ1) is 12.2. The molecule has 1 aromatic carbocycles. The first kappa shape index (κ1) is 19.0. The molecule has 0 bridgehead atoms. The van der Waals surface area contributed by atoms with Crippen LogP contribution in [0.25, 0.3) is 0 Å². The molecule has 136 valence electrons. The summed E-state index contributed by atoms with van der Waals surface area (Å²) < 4.78 is 5.44. The molecule has 0 aliphatic heterocycles. The van der Waals surface area contributed by atoms with Crippen molar-refractivity contribution in [2.75, 3.05) is 13.6 Å². The number of hydrogen-bond acceptors (Lipinski definition) is 3. The molecule has 0 amide bonds. The molecule has 1 aromatic heterocycles. The minimum Gasteiger partial charge on any atom is -0.359 e. The Morgan fingerprint density at radius 1 is 1.20 bits per heavy atom. The summed E-state index contributed by atoms with van der Waals surface area (Å²) in [5.74, 6) is 2.08. The zero-order chi connectivity index (χ0) is 18.1. The van der Waals surface area contributed by atoms with E-state index < -0.39 is 0 Å². The minimum absolute atomic E-state index is 0.476. The highest BCUT2D eigenvalue weighted by atomic mass is 16.5. The number of nitrogens with zero attached hydrogens (tertiary/aromatic N) is 2. The first-order valence-electron chi connectivity index (χ1n) is 9.11. The third kappa shape index (κ3) is 5.93. The van der Waals surface area contributed by atoms with E-state index in [-0.39, 0.29) is 0 Å². The van der Waals surface area contributed by atoms with Gasteiger partial charge in [0.1, 0.15) is 0 Å². The van der Waals surface area contributed by atoms with Crippen molar-refractivity contribution < 1.29 is 4.52 Å². The van der Waals surface area contributed by atoms with E-state index in [1.807, 2.05) is 6.07 Å². The molecule has 0 aliphatic carbocycles. The molecule has 0 unspecified atom stereocenters. The van der Waals surface area contributed by atoms with Gasteiger partial charge in [0, 0.05) is 25.6 Å². The van der Waals surface area contributed by atoms with Crippen molar-refractivity contribution >= 4 is 5.96 Å². The summed E-state index contributed by atoms with van der Waals surface area (Å²) in [4.78, 5) is 4.26. The molecule has 0 fully saturated rings. The third-order valence-corrected chi connectivity index (χ3v) is 4.42. The number of hydrogen-bond donors (Lipinski definition) is 2. The van der Waals surface area contributed by atoms with Crippen molar-refractivity contribution in [1.29, 1.82) is 0 Å². The fraction of sp³-hybridized carbons (Fsp3) is 0.500. The van der Waals surface area contributed by atoms with E-state index >= 15 is 0 Å². The lowest BCUT2D eigenvalue weighted by Crippen LogP contribution is -2.37. The molecule has 0 radical (unpaired) electrons. The topological polar surface area (TPSA) is 62.5 Å². The van der Waals surface area contributed by atoms with Gasteiger partial charge in [-0.1, -0.05) is 48.8 Å². The van der Waals surface area contributed by atoms with E-state index in [1.165, 1.54) is 11.1 Å². The number of aliphatic imine (C=N–C) groups is 1. The number of guanidine groups is 1. The Hall–Kier alpha value is -2.30. The van der Waals surface area contributed by atoms with Crippen LogP contribution >= 0.6 is 0 Å². The number of aryl methyl sites for hydroxylation is 1. The van der Waals surface area contributed by atoms with Crippen molar-refractivity contribution in [2.45, 2.75) is 52.5 Å². The van der Waals surface area contributed by atoms with Crippen LogP contribution in [0.15, 0.2) is 39.8 Å². The van der Waals surface area contributed by atoms with E-state index in [2.05, 4.69) is 65.8 Å². The predicted molar refractivity (Wildman–Crippen MR) is 103 cm³/mol. The molecule has 5 nitrogen and oxygen atoms in total. The Labute approximate surface area is 150 Å². The van der Waals surface area contributed by atoms with Crippen LogP contribution in [0.4, 0.5) is 0 Å². The molecule has 0 atom stereocenters. The van der Waals surface area contributed by atoms with E-state index in [0.717, 1.165) is 43.2 Å². The molecule has 0 aliphatic rings. The summed E-state index contributed by atoms with van der Waals surface area (Å²) in [5, 5.41) is 10.8. The van der Waals surface area contributed by atoms with Crippen LogP contribution in [0, 0.1) is 6.92 Å². The van der Waals surface area contributed by atoms with E-state index in [4.69, 9.17) is 4.52 Å². The van der Waals surface area contributed by atoms with Crippen molar-refractivity contribution in [3.8, 4) is 0 Å². The largest absolute Gasteiger partial charge is 0.359 e. The summed E-state index contributed by atoms with van der Waals surface area (Å²) in [6, 6.07) is 10.6. The predicted octanol–water partition coefficient (Wildman–Crippen LogP) is 3.79. The van der Waals surface area contributed by atoms with Gasteiger partial charge in [-0.25, -0.2) is 0 Å². The highest BCUT2D eigenvalue weighted by Gasteiger charge is 2.13. The molecule has 1 heterocycles. The van der Waals surface area contributed by atoms with Gasteiger partial charge in [-0.3, -0.25) is 4.99 Å². The second-order valence-electron chi connectivity index (χ2n) is 6.32. The quantitative estimate of drug-likeness (QED) is 0.566. The lowest BCUT2D eigenvalue weighted by molar-refractivity contribution is 0.368. The Morgan fingerprint density at radius 2 is 2.00 bits per heavy atom. The minimum atomic E-state index is 0.476. The number of aromatic nitrogens is 1. The lowest BCUT2D eigenvalue weighted by Gasteiger charge is -2.11. The Morgan fingerprint density at radius 3 is 2.68 bits per heavy atom. The maximum atomic E-state index is 5.44. The van der Waals surface area contributed by atoms with E-state index in [0.29, 0.717) is 12.5 Å². The molecule has 25 heavy (non-hydrogen) atoms. The van der Waals surface area contributed by atoms with Crippen LogP contribution in [0.3, 0.4) is 0 Å². The smallest absolute Gasteiger partial charge is 0.191 e. The molecule has 2 aromatic rings. The fourth-order valence-corrected chi connectivity index (χ4v) is 2.90. The van der Waals surface area contributed by atoms with Gasteiger partial charge in [-0.05, 0) is 31.7 Å². The normalized spacial score (nSPS) is 11.8. The fourth-order valence-electron chi connectivity index (χ4n) is 2.90. The van der Waals surface area contributed by atoms with E-state index in [1.54, 1.807) is 7.05 Å². The van der Waals surface area contributed by atoms with Crippen molar-refractivity contribution in [3.05, 3.63) is 52.9 Å². The molecular formula is C20H30N4O. The van der Waals surface area contributed by atoms with Crippen LogP contribution in [0.2, 0.25) is 0 Å². The molecule has 0 saturated heterocycles. The van der Waals surface area contributed by atoms with Crippen LogP contribution in [-0.4, -0.2) is 24.7 Å². The summed E-state index contributed by atoms with van der Waals surface area (Å²) >= 11 is 0. The third-order valence-electron chi connectivity index (χ3n) is 4.42. The zero-order valence-electron chi connectivity index (χ0n) is 15.8. The van der Waals surface area contributed by atoms with Gasteiger partial charge < -0.3 is 15.2 Å². The Balaban J connectivity index is 1.78. The molecule has 2 rings (SSSR count). The maximum Gasteiger partial charge on any atom is 0.191 e. The lowest BCUT2D eigenvalue weighted by atomic mass is 9.99. The van der Waals surface area contributed by atoms with Crippen molar-refractivity contribution in [2.24, 2.45) is 4.99 Å². The Bertz CT molecular complexity index is 674. The standard InChI is InChI=1S/C20H30N4O/c1-5-17(6-2)19-13-18(25-24-19)14-23-20(21-4)22-11-10-16-9-7-8-15(3)12-16/h7-9,12-13,17H,5-6,10-11,14H2,1-4H3,(H2,21,22,23). The summed E-state index contributed by atoms with van der Waals surface area (Å²) in [6.07, 6.45) is 3.12. The van der Waals surface area contributed by atoms with Crippen LogP contribution in [0.1, 0.15) is 55.2 Å². The van der Waals surface area contributed by atoms with Gasteiger partial charge in [0.15, 0.2) is 11.7 Å². The average molecular weight is 342 g/mol. The zero-order valence-corrected chi connectivity index (χ0v) is 15.8. The number of rotatable bonds is 8. The summed E-state index contributed by atoms with van der Waals surface area (Å²) in [6.45, 7) is 7.89. The van der Waals surface area contributed by atoms with Crippen LogP contribution in [-0.2, 0) is 13.0 Å². The van der Waals surface area contributed by atoms with Crippen LogP contribution < -0.4 is 10.6 Å². The molecular weight excluding hydrogens is 312 g/mol. The van der Waals surface area contributed by atoms with Gasteiger partial charge in [0.25, 0.3) is 0 Å². The van der Waals surface area contributed by atoms with Gasteiger partial charge in [0.2, 0.25) is 0 Å². The van der Waals surface area contributed by atoms with Crippen LogP contribution in [0.5, 0.6) is 0 Å². The van der Waals surface area contributed by atoms with Gasteiger partial charge in [-0.15, -0.1) is 0 Å². The maximum absolute atomic E-state index is 5.44. The summed E-state index contributed by atoms with van der Waals surface area (Å²) in [7, 11) is 1.78. The SMILES string of the molecule is CCC(CC)c1cc(CNC(=NC)NCCc2cccc(C)c2)on1. The number of nitrogens with one attached hydrogen (secondary N) is 2. The Kier molecular flexibility index (Phi) is 7.51. The average Bonchev–Trinajstić information content (AvgIpc) is 3.08. The molecule has 2 N–H and O–H groups in total. The first-order valence-corrected chi connectivity index (χ1v) is 9.11. The highest BCUT2D eigenvalue weighted by Crippen LogP contribution is 2.22. The van der Waals surface area contributed by atoms with E-state index in [9.17, 15) is 0 Å². The second-order valence-corrected chi connectivity index (χ2v) is 6.32. The van der Waals surface area contributed by atoms with Crippen molar-refractivity contribution in [3.63, 3.8) is 0 Å². The van der Waals surface area contributed by atoms with Gasteiger partial charge >= 0.3 is 0 Å². The highest BCUT2D eigenvalue weighted by molar-refractivity contribution is 5.79. The summed E-state index contributed by atoms with van der Waals surface area (Å²) in [5.41, 5.74) is 3.66. The molecule has 5 heteroatoms.